The van der Waals surface area contributed by atoms with Gasteiger partial charge in [0.2, 0.25) is 0 Å². The fraction of sp³-hybridized carbons (Fsp3) is 0.750. The molecule has 6 aliphatic rings. The first-order valence-electron chi connectivity index (χ1n) is 13.3. The van der Waals surface area contributed by atoms with E-state index in [1.54, 1.807) is 20.8 Å². The minimum absolute atomic E-state index is 0.0439. The fourth-order valence-corrected chi connectivity index (χ4v) is 9.72. The van der Waals surface area contributed by atoms with E-state index in [9.17, 15) is 19.5 Å². The maximum atomic E-state index is 17.4. The first-order valence-corrected chi connectivity index (χ1v) is 14.4. The van der Waals surface area contributed by atoms with E-state index in [0.717, 1.165) is 0 Å². The molecular formula is C28H34F2O7S. The molecule has 7 nitrogen and oxygen atoms in total. The van der Waals surface area contributed by atoms with Gasteiger partial charge in [-0.15, -0.1) is 11.8 Å². The Hall–Kier alpha value is -1.62. The number of carbonyl (C=O) groups is 3. The Labute approximate surface area is 224 Å². The highest BCUT2D eigenvalue weighted by atomic mass is 32.2. The van der Waals surface area contributed by atoms with Crippen LogP contribution in [0, 0.1) is 22.7 Å². The van der Waals surface area contributed by atoms with Crippen LogP contribution in [-0.4, -0.2) is 75.7 Å². The molecule has 4 aliphatic carbocycles. The number of hydrogen-bond donors (Lipinski definition) is 1. The van der Waals surface area contributed by atoms with Crippen molar-refractivity contribution in [2.24, 2.45) is 22.7 Å². The number of esters is 1. The lowest BCUT2D eigenvalue weighted by Crippen LogP contribution is -2.71. The van der Waals surface area contributed by atoms with E-state index in [-0.39, 0.29) is 60.6 Å². The highest BCUT2D eigenvalue weighted by Gasteiger charge is 2.80. The van der Waals surface area contributed by atoms with E-state index in [1.807, 2.05) is 6.92 Å². The summed E-state index contributed by atoms with van der Waals surface area (Å²) in [5.74, 6) is -3.40. The molecule has 1 unspecified atom stereocenters. The van der Waals surface area contributed by atoms with Gasteiger partial charge >= 0.3 is 5.97 Å². The van der Waals surface area contributed by atoms with Crippen LogP contribution in [0.5, 0.6) is 0 Å². The summed E-state index contributed by atoms with van der Waals surface area (Å²) in [4.78, 5) is 37.7. The molecule has 1 N–H and O–H groups in total. The summed E-state index contributed by atoms with van der Waals surface area (Å²) in [5, 5.41) is 11.5. The number of rotatable bonds is 4. The van der Waals surface area contributed by atoms with Gasteiger partial charge in [-0.25, -0.2) is 8.78 Å². The third-order valence-corrected chi connectivity index (χ3v) is 11.5. The molecule has 2 saturated heterocycles. The summed E-state index contributed by atoms with van der Waals surface area (Å²) in [6.07, 6.45) is 0.275. The van der Waals surface area contributed by atoms with Crippen LogP contribution in [0.15, 0.2) is 23.8 Å². The topological polar surface area (TPSA) is 99.1 Å². The Morgan fingerprint density at radius 2 is 1.92 bits per heavy atom. The molecule has 0 bridgehead atoms. The molecule has 2 heterocycles. The van der Waals surface area contributed by atoms with Crippen LogP contribution >= 0.6 is 11.8 Å². The fourth-order valence-electron chi connectivity index (χ4n) is 8.70. The van der Waals surface area contributed by atoms with Crippen molar-refractivity contribution in [1.82, 2.24) is 0 Å². The summed E-state index contributed by atoms with van der Waals surface area (Å²) >= 11 is 1.33. The van der Waals surface area contributed by atoms with Crippen LogP contribution in [0.1, 0.15) is 53.4 Å². The number of carbonyl (C=O) groups excluding carboxylic acids is 3. The molecule has 38 heavy (non-hydrogen) atoms. The second-order valence-electron chi connectivity index (χ2n) is 12.7. The van der Waals surface area contributed by atoms with Crippen LogP contribution in [0.3, 0.4) is 0 Å². The lowest BCUT2D eigenvalue weighted by Gasteiger charge is -2.63. The second kappa shape index (κ2) is 8.21. The number of alkyl halides is 2. The number of aliphatic hydroxyl groups is 1. The largest absolute Gasteiger partial charge is 0.464 e. The molecule has 208 valence electrons. The number of fused-ring (bicyclic) bond motifs is 7. The quantitative estimate of drug-likeness (QED) is 0.530. The lowest BCUT2D eigenvalue weighted by molar-refractivity contribution is -0.247. The van der Waals surface area contributed by atoms with E-state index in [1.165, 1.54) is 30.0 Å². The van der Waals surface area contributed by atoms with Crippen molar-refractivity contribution in [3.63, 3.8) is 0 Å². The standard InChI is InChI=1S/C28H34F2O7S/c1-24(2)36-22-10-16-17-9-19(29)18-7-14(31)5-6-25(18,3)27(17,30)20(32)11-26(16,4)28(22,37-24)21(33)13-38-15-8-23(34)35-12-15/h5-7,15-17,19-20,22,32H,8-13H2,1-4H3/t15?,16-,17-,19-,20-,22+,25-,26-,27-,28+/m0/s1. The van der Waals surface area contributed by atoms with E-state index in [2.05, 4.69) is 0 Å². The highest BCUT2D eigenvalue weighted by molar-refractivity contribution is 8.00. The Balaban J connectivity index is 1.39. The molecule has 0 radical (unpaired) electrons. The number of halogens is 2. The minimum atomic E-state index is -2.24. The Morgan fingerprint density at radius 1 is 1.18 bits per heavy atom. The molecule has 0 aromatic carbocycles. The van der Waals surface area contributed by atoms with Gasteiger partial charge in [-0.05, 0) is 63.7 Å². The molecule has 10 heteroatoms. The van der Waals surface area contributed by atoms with Crippen LogP contribution in [0.4, 0.5) is 8.78 Å². The summed E-state index contributed by atoms with van der Waals surface area (Å²) in [6, 6.07) is 0. The number of hydrogen-bond acceptors (Lipinski definition) is 8. The van der Waals surface area contributed by atoms with Gasteiger partial charge in [-0.1, -0.05) is 13.0 Å². The Morgan fingerprint density at radius 3 is 2.61 bits per heavy atom. The van der Waals surface area contributed by atoms with Crippen LogP contribution < -0.4 is 0 Å². The zero-order valence-electron chi connectivity index (χ0n) is 22.0. The van der Waals surface area contributed by atoms with Gasteiger partial charge < -0.3 is 19.3 Å². The molecule has 0 aromatic heterocycles. The number of cyclic esters (lactones) is 1. The van der Waals surface area contributed by atoms with Gasteiger partial charge in [0.05, 0.1) is 24.4 Å². The van der Waals surface area contributed by atoms with Gasteiger partial charge in [0.25, 0.3) is 0 Å². The molecule has 0 spiro atoms. The molecule has 5 fully saturated rings. The van der Waals surface area contributed by atoms with Gasteiger partial charge in [0, 0.05) is 22.0 Å². The predicted octanol–water partition coefficient (Wildman–Crippen LogP) is 3.42. The van der Waals surface area contributed by atoms with Crippen molar-refractivity contribution in [3.8, 4) is 0 Å². The number of Topliss-reactive ketones (excluding diaryl/α,β-unsaturated/α-hetero) is 1. The maximum Gasteiger partial charge on any atom is 0.307 e. The Kier molecular flexibility index (Phi) is 5.74. The smallest absolute Gasteiger partial charge is 0.307 e. The molecule has 2 aliphatic heterocycles. The van der Waals surface area contributed by atoms with Gasteiger partial charge in [-0.2, -0.15) is 0 Å². The van der Waals surface area contributed by atoms with E-state index < -0.39 is 63.9 Å². The summed E-state index contributed by atoms with van der Waals surface area (Å²) in [6.45, 7) is 7.10. The number of aliphatic hydroxyl groups excluding tert-OH is 1. The van der Waals surface area contributed by atoms with E-state index >= 15 is 8.78 Å². The minimum Gasteiger partial charge on any atom is -0.464 e. The molecule has 10 atom stereocenters. The summed E-state index contributed by atoms with van der Waals surface area (Å²) in [7, 11) is 0. The van der Waals surface area contributed by atoms with E-state index in [0.29, 0.717) is 0 Å². The van der Waals surface area contributed by atoms with Crippen LogP contribution in [0.25, 0.3) is 0 Å². The number of thioether (sulfide) groups is 1. The normalized spacial score (nSPS) is 50.6. The summed E-state index contributed by atoms with van der Waals surface area (Å²) < 4.78 is 50.9. The average Bonchev–Trinajstić information content (AvgIpc) is 3.44. The molecule has 0 aromatic rings. The number of ether oxygens (including phenoxy) is 3. The van der Waals surface area contributed by atoms with Crippen molar-refractivity contribution in [3.05, 3.63) is 23.8 Å². The Bertz CT molecular complexity index is 1170. The second-order valence-corrected chi connectivity index (χ2v) is 14.0. The van der Waals surface area contributed by atoms with Gasteiger partial charge in [0.1, 0.15) is 12.8 Å². The van der Waals surface area contributed by atoms with Crippen LogP contribution in [0.2, 0.25) is 0 Å². The summed E-state index contributed by atoms with van der Waals surface area (Å²) in [5.41, 5.74) is -6.16. The first kappa shape index (κ1) is 26.6. The van der Waals surface area contributed by atoms with Gasteiger partial charge in [0.15, 0.2) is 28.6 Å². The van der Waals surface area contributed by atoms with Crippen molar-refractivity contribution in [1.29, 1.82) is 0 Å². The zero-order chi connectivity index (χ0) is 27.5. The number of ketones is 2. The third kappa shape index (κ3) is 3.26. The third-order valence-electron chi connectivity index (χ3n) is 10.3. The predicted molar refractivity (Wildman–Crippen MR) is 134 cm³/mol. The molecule has 0 amide bonds. The molecule has 3 saturated carbocycles. The van der Waals surface area contributed by atoms with Crippen LogP contribution in [-0.2, 0) is 28.6 Å². The SMILES string of the molecule is CC1(C)O[C@@H]2C[C@H]3[C@@H]4C[C@H](F)C5=CC(=O)C=C[C@]5(C)[C@@]4(F)[C@@H](O)C[C@]3(C)[C@]2(C(=O)CSC2COC(=O)C2)O1. The zero-order valence-corrected chi connectivity index (χ0v) is 22.8. The monoisotopic (exact) mass is 552 g/mol. The average molecular weight is 553 g/mol. The molecular weight excluding hydrogens is 518 g/mol. The first-order chi connectivity index (χ1) is 17.7. The van der Waals surface area contributed by atoms with E-state index in [4.69, 9.17) is 14.2 Å². The molecule has 6 rings (SSSR count). The number of allylic oxidation sites excluding steroid dienone is 4. The lowest BCUT2D eigenvalue weighted by atomic mass is 9.44. The van der Waals surface area contributed by atoms with Crippen molar-refractivity contribution in [2.75, 3.05) is 12.4 Å². The highest BCUT2D eigenvalue weighted by Crippen LogP contribution is 2.72. The van der Waals surface area contributed by atoms with Crippen molar-refractivity contribution < 1.29 is 42.5 Å². The maximum absolute atomic E-state index is 17.4. The van der Waals surface area contributed by atoms with Crippen molar-refractivity contribution in [2.45, 2.75) is 94.1 Å². The van der Waals surface area contributed by atoms with Gasteiger partial charge in [-0.3, -0.25) is 14.4 Å². The van der Waals surface area contributed by atoms with Crippen molar-refractivity contribution >= 4 is 29.3 Å².